The van der Waals surface area contributed by atoms with Gasteiger partial charge in [0.05, 0.1) is 21.5 Å². The third-order valence-electron chi connectivity index (χ3n) is 6.52. The second-order valence-electron chi connectivity index (χ2n) is 8.91. The zero-order valence-electron chi connectivity index (χ0n) is 20.8. The first kappa shape index (κ1) is 25.7. The Morgan fingerprint density at radius 1 is 0.947 bits per heavy atom. The molecular weight excluding hydrogens is 521 g/mol. The lowest BCUT2D eigenvalue weighted by Crippen LogP contribution is -2.10. The highest BCUT2D eigenvalue weighted by atomic mass is 35.5. The minimum Gasteiger partial charge on any atom is -0.485 e. The summed E-state index contributed by atoms with van der Waals surface area (Å²) in [5, 5.41) is 0.747. The second kappa shape index (κ2) is 10.4. The van der Waals surface area contributed by atoms with Crippen LogP contribution in [-0.2, 0) is 13.2 Å². The van der Waals surface area contributed by atoms with Crippen molar-refractivity contribution in [1.29, 1.82) is 0 Å². The molecule has 0 unspecified atom stereocenters. The minimum absolute atomic E-state index is 0. The maximum Gasteiger partial charge on any atom is 0.268 e. The lowest BCUT2D eigenvalue weighted by Gasteiger charge is -2.09. The van der Waals surface area contributed by atoms with Crippen molar-refractivity contribution in [3.63, 3.8) is 0 Å². The molecule has 0 fully saturated rings. The first-order valence-corrected chi connectivity index (χ1v) is 12.9. The molecule has 0 N–H and O–H groups in total. The standard InChI is InChI=1S/C30H24FN3O2S.ClH/c1-3-34-30(35)25-15-12-23(17-27(25)37-34)28-19(2)32-29-26(5-4-16-33(28)29)36-18-20-6-8-21(9-7-20)22-10-13-24(31)14-11-22;/h4-17H,3,18H2,1-2H3;1H. The van der Waals surface area contributed by atoms with Gasteiger partial charge in [-0.1, -0.05) is 54.0 Å². The largest absolute Gasteiger partial charge is 0.485 e. The number of rotatable bonds is 6. The maximum absolute atomic E-state index is 13.2. The zero-order chi connectivity index (χ0) is 25.5. The fourth-order valence-electron chi connectivity index (χ4n) is 4.64. The third-order valence-corrected chi connectivity index (χ3v) is 7.70. The average Bonchev–Trinajstić information content (AvgIpc) is 3.43. The number of hydrogen-bond acceptors (Lipinski definition) is 4. The Labute approximate surface area is 229 Å². The summed E-state index contributed by atoms with van der Waals surface area (Å²) in [6, 6.07) is 24.4. The van der Waals surface area contributed by atoms with Crippen LogP contribution in [0.2, 0.25) is 0 Å². The van der Waals surface area contributed by atoms with Crippen LogP contribution >= 0.6 is 23.9 Å². The number of aromatic nitrogens is 3. The van der Waals surface area contributed by atoms with Gasteiger partial charge in [0.15, 0.2) is 11.4 Å². The van der Waals surface area contributed by atoms with Crippen LogP contribution in [0.5, 0.6) is 5.75 Å². The lowest BCUT2D eigenvalue weighted by molar-refractivity contribution is 0.308. The first-order chi connectivity index (χ1) is 18.0. The van der Waals surface area contributed by atoms with E-state index in [0.717, 1.165) is 49.4 Å². The molecule has 0 saturated heterocycles. The number of fused-ring (bicyclic) bond motifs is 2. The van der Waals surface area contributed by atoms with Crippen molar-refractivity contribution in [3.8, 4) is 28.1 Å². The average molecular weight is 546 g/mol. The van der Waals surface area contributed by atoms with Gasteiger partial charge in [-0.15, -0.1) is 12.4 Å². The number of halogens is 2. The van der Waals surface area contributed by atoms with E-state index in [-0.39, 0.29) is 23.8 Å². The van der Waals surface area contributed by atoms with Crippen molar-refractivity contribution in [2.24, 2.45) is 0 Å². The van der Waals surface area contributed by atoms with E-state index in [1.807, 2.05) is 73.0 Å². The van der Waals surface area contributed by atoms with Crippen molar-refractivity contribution in [3.05, 3.63) is 112 Å². The van der Waals surface area contributed by atoms with E-state index >= 15 is 0 Å². The molecule has 3 aromatic carbocycles. The highest BCUT2D eigenvalue weighted by Crippen LogP contribution is 2.32. The molecule has 0 spiro atoms. The van der Waals surface area contributed by atoms with Gasteiger partial charge in [-0.2, -0.15) is 0 Å². The highest BCUT2D eigenvalue weighted by Gasteiger charge is 2.16. The van der Waals surface area contributed by atoms with Gasteiger partial charge in [-0.05, 0) is 66.9 Å². The van der Waals surface area contributed by atoms with E-state index in [1.54, 1.807) is 16.1 Å². The molecule has 3 aromatic heterocycles. The predicted molar refractivity (Wildman–Crippen MR) is 154 cm³/mol. The molecule has 3 heterocycles. The smallest absolute Gasteiger partial charge is 0.268 e. The Bertz CT molecular complexity index is 1800. The van der Waals surface area contributed by atoms with Gasteiger partial charge in [0, 0.05) is 18.3 Å². The Hall–Kier alpha value is -3.94. The van der Waals surface area contributed by atoms with Crippen LogP contribution in [0.25, 0.3) is 38.1 Å². The molecule has 0 radical (unpaired) electrons. The van der Waals surface area contributed by atoms with Crippen LogP contribution in [0.15, 0.2) is 89.9 Å². The van der Waals surface area contributed by atoms with Crippen molar-refractivity contribution < 1.29 is 9.13 Å². The summed E-state index contributed by atoms with van der Waals surface area (Å²) in [5.41, 5.74) is 6.71. The minimum atomic E-state index is -0.242. The predicted octanol–water partition coefficient (Wildman–Crippen LogP) is 7.51. The van der Waals surface area contributed by atoms with Gasteiger partial charge < -0.3 is 4.74 Å². The van der Waals surface area contributed by atoms with Crippen LogP contribution in [0.3, 0.4) is 0 Å². The van der Waals surface area contributed by atoms with Crippen LogP contribution in [0.1, 0.15) is 18.2 Å². The summed E-state index contributed by atoms with van der Waals surface area (Å²) >= 11 is 1.49. The molecule has 0 aliphatic carbocycles. The van der Waals surface area contributed by atoms with Crippen molar-refractivity contribution in [2.45, 2.75) is 27.0 Å². The first-order valence-electron chi connectivity index (χ1n) is 12.1. The van der Waals surface area contributed by atoms with Crippen molar-refractivity contribution in [1.82, 2.24) is 13.3 Å². The number of hydrogen-bond donors (Lipinski definition) is 0. The molecule has 38 heavy (non-hydrogen) atoms. The number of ether oxygens (including phenoxy) is 1. The fourth-order valence-corrected chi connectivity index (χ4v) is 5.62. The zero-order valence-corrected chi connectivity index (χ0v) is 22.5. The SMILES string of the molecule is CCn1sc2cc(-c3c(C)nc4c(OCc5ccc(-c6ccc(F)cc6)cc5)cccn34)ccc2c1=O.Cl. The summed E-state index contributed by atoms with van der Waals surface area (Å²) in [5.74, 6) is 0.455. The molecule has 8 heteroatoms. The quantitative estimate of drug-likeness (QED) is 0.217. The Kier molecular flexibility index (Phi) is 7.06. The Balaban J connectivity index is 0.00000294. The summed E-state index contributed by atoms with van der Waals surface area (Å²) in [6.45, 7) is 5.03. The van der Waals surface area contributed by atoms with Crippen molar-refractivity contribution in [2.75, 3.05) is 0 Å². The molecule has 0 bridgehead atoms. The molecular formula is C30H25ClFN3O2S. The van der Waals surface area contributed by atoms with Gasteiger partial charge in [0.2, 0.25) is 0 Å². The molecule has 6 rings (SSSR count). The topological polar surface area (TPSA) is 48.5 Å². The lowest BCUT2D eigenvalue weighted by atomic mass is 10.0. The monoisotopic (exact) mass is 545 g/mol. The van der Waals surface area contributed by atoms with E-state index in [0.29, 0.717) is 18.9 Å². The van der Waals surface area contributed by atoms with Gasteiger partial charge in [0.1, 0.15) is 12.4 Å². The molecule has 6 aromatic rings. The van der Waals surface area contributed by atoms with Gasteiger partial charge in [0.25, 0.3) is 5.56 Å². The number of aryl methyl sites for hydroxylation is 2. The molecule has 192 valence electrons. The van der Waals surface area contributed by atoms with Crippen LogP contribution in [0.4, 0.5) is 4.39 Å². The molecule has 5 nitrogen and oxygen atoms in total. The summed E-state index contributed by atoms with van der Waals surface area (Å²) in [6.07, 6.45) is 1.99. The van der Waals surface area contributed by atoms with E-state index in [2.05, 4.69) is 6.07 Å². The van der Waals surface area contributed by atoms with Gasteiger partial charge in [-0.3, -0.25) is 13.2 Å². The van der Waals surface area contributed by atoms with Crippen LogP contribution in [0, 0.1) is 12.7 Å². The third kappa shape index (κ3) is 4.59. The Morgan fingerprint density at radius 2 is 1.63 bits per heavy atom. The van der Waals surface area contributed by atoms with E-state index in [4.69, 9.17) is 9.72 Å². The summed E-state index contributed by atoms with van der Waals surface area (Å²) in [4.78, 5) is 17.3. The molecule has 0 aliphatic rings. The highest BCUT2D eigenvalue weighted by molar-refractivity contribution is 7.13. The Morgan fingerprint density at radius 3 is 2.34 bits per heavy atom. The molecule has 0 amide bonds. The number of benzene rings is 3. The fraction of sp³-hybridized carbons (Fsp3) is 0.133. The summed E-state index contributed by atoms with van der Waals surface area (Å²) in [7, 11) is 0. The maximum atomic E-state index is 13.2. The van der Waals surface area contributed by atoms with E-state index in [1.165, 1.54) is 23.7 Å². The second-order valence-corrected chi connectivity index (χ2v) is 9.97. The van der Waals surface area contributed by atoms with Gasteiger partial charge >= 0.3 is 0 Å². The van der Waals surface area contributed by atoms with E-state index in [9.17, 15) is 9.18 Å². The van der Waals surface area contributed by atoms with E-state index < -0.39 is 0 Å². The van der Waals surface area contributed by atoms with Crippen LogP contribution in [-0.4, -0.2) is 13.3 Å². The molecule has 0 aliphatic heterocycles. The molecule has 0 atom stereocenters. The normalized spacial score (nSPS) is 11.1. The van der Waals surface area contributed by atoms with Gasteiger partial charge in [-0.25, -0.2) is 9.37 Å². The van der Waals surface area contributed by atoms with Crippen molar-refractivity contribution >= 4 is 39.7 Å². The number of imidazole rings is 1. The summed E-state index contributed by atoms with van der Waals surface area (Å²) < 4.78 is 24.2. The molecule has 0 saturated carbocycles. The van der Waals surface area contributed by atoms with Crippen LogP contribution < -0.4 is 10.3 Å². The number of nitrogens with zero attached hydrogens (tertiary/aromatic N) is 3. The number of pyridine rings is 1.